The average molecular weight is 232 g/mol. The Morgan fingerprint density at radius 1 is 1.47 bits per heavy atom. The molecule has 0 bridgehead atoms. The summed E-state index contributed by atoms with van der Waals surface area (Å²) in [5.41, 5.74) is 3.76. The predicted molar refractivity (Wildman–Crippen MR) is 65.3 cm³/mol. The Morgan fingerprint density at radius 2 is 2.35 bits per heavy atom. The molecule has 1 N–H and O–H groups in total. The molecule has 90 valence electrons. The number of rotatable bonds is 1. The lowest BCUT2D eigenvalue weighted by molar-refractivity contribution is 0.141. The van der Waals surface area contributed by atoms with Crippen LogP contribution in [0.5, 0.6) is 0 Å². The van der Waals surface area contributed by atoms with Crippen LogP contribution in [0, 0.1) is 0 Å². The number of hydrogen-bond acceptors (Lipinski definition) is 3. The van der Waals surface area contributed by atoms with Gasteiger partial charge in [0.25, 0.3) is 0 Å². The fourth-order valence-corrected chi connectivity index (χ4v) is 2.58. The Kier molecular flexibility index (Phi) is 2.42. The predicted octanol–water partition coefficient (Wildman–Crippen LogP) is 1.85. The van der Waals surface area contributed by atoms with Gasteiger partial charge in [-0.25, -0.2) is 4.79 Å². The second-order valence-corrected chi connectivity index (χ2v) is 4.69. The number of nitrogens with one attached hydrogen (secondary N) is 1. The SMILES string of the molecule is CN1CCCc2cc(C3CNC(=O)O3)ccc21. The van der Waals surface area contributed by atoms with Gasteiger partial charge >= 0.3 is 6.09 Å². The highest BCUT2D eigenvalue weighted by atomic mass is 16.6. The molecule has 4 heteroatoms. The van der Waals surface area contributed by atoms with E-state index in [1.165, 1.54) is 17.7 Å². The fraction of sp³-hybridized carbons (Fsp3) is 0.462. The molecule has 2 aliphatic rings. The van der Waals surface area contributed by atoms with Crippen molar-refractivity contribution in [3.63, 3.8) is 0 Å². The number of amides is 1. The van der Waals surface area contributed by atoms with Crippen LogP contribution in [0.3, 0.4) is 0 Å². The summed E-state index contributed by atoms with van der Waals surface area (Å²) in [6, 6.07) is 6.37. The summed E-state index contributed by atoms with van der Waals surface area (Å²) in [7, 11) is 2.12. The third kappa shape index (κ3) is 1.84. The molecule has 17 heavy (non-hydrogen) atoms. The summed E-state index contributed by atoms with van der Waals surface area (Å²) in [5, 5.41) is 2.69. The van der Waals surface area contributed by atoms with Crippen molar-refractivity contribution in [3.05, 3.63) is 29.3 Å². The number of fused-ring (bicyclic) bond motifs is 1. The van der Waals surface area contributed by atoms with E-state index in [1.807, 2.05) is 0 Å². The maximum absolute atomic E-state index is 11.0. The maximum atomic E-state index is 11.0. The largest absolute Gasteiger partial charge is 0.439 e. The summed E-state index contributed by atoms with van der Waals surface area (Å²) in [6.45, 7) is 1.69. The van der Waals surface area contributed by atoms with Gasteiger partial charge in [-0.05, 0) is 36.1 Å². The number of benzene rings is 1. The molecule has 0 saturated carbocycles. The van der Waals surface area contributed by atoms with Gasteiger partial charge in [-0.3, -0.25) is 0 Å². The zero-order valence-electron chi connectivity index (χ0n) is 9.90. The molecule has 1 aromatic carbocycles. The van der Waals surface area contributed by atoms with E-state index < -0.39 is 0 Å². The van der Waals surface area contributed by atoms with Gasteiger partial charge in [0.2, 0.25) is 0 Å². The van der Waals surface area contributed by atoms with Crippen molar-refractivity contribution in [1.29, 1.82) is 0 Å². The molecule has 1 atom stereocenters. The van der Waals surface area contributed by atoms with Crippen LogP contribution in [0.1, 0.15) is 23.7 Å². The smallest absolute Gasteiger partial charge is 0.407 e. The summed E-state index contributed by atoms with van der Waals surface area (Å²) in [5.74, 6) is 0. The van der Waals surface area contributed by atoms with E-state index in [4.69, 9.17) is 4.74 Å². The van der Waals surface area contributed by atoms with Crippen LogP contribution in [0.2, 0.25) is 0 Å². The van der Waals surface area contributed by atoms with Crippen molar-refractivity contribution in [2.24, 2.45) is 0 Å². The van der Waals surface area contributed by atoms with Gasteiger partial charge in [0.05, 0.1) is 6.54 Å². The number of cyclic esters (lactones) is 1. The minimum atomic E-state index is -0.315. The molecule has 0 aromatic heterocycles. The van der Waals surface area contributed by atoms with Crippen molar-refractivity contribution < 1.29 is 9.53 Å². The molecule has 1 saturated heterocycles. The van der Waals surface area contributed by atoms with Gasteiger partial charge in [-0.1, -0.05) is 6.07 Å². The quantitative estimate of drug-likeness (QED) is 0.803. The minimum absolute atomic E-state index is 0.125. The third-order valence-electron chi connectivity index (χ3n) is 3.51. The first-order valence-corrected chi connectivity index (χ1v) is 6.02. The van der Waals surface area contributed by atoms with E-state index in [1.54, 1.807) is 0 Å². The molecule has 1 fully saturated rings. The van der Waals surface area contributed by atoms with Gasteiger partial charge < -0.3 is 15.0 Å². The molecule has 0 radical (unpaired) electrons. The van der Waals surface area contributed by atoms with Gasteiger partial charge in [0.15, 0.2) is 0 Å². The van der Waals surface area contributed by atoms with E-state index in [-0.39, 0.29) is 12.2 Å². The first-order chi connectivity index (χ1) is 8.24. The lowest BCUT2D eigenvalue weighted by Gasteiger charge is -2.28. The Bertz CT molecular complexity index is 459. The number of hydrogen-bond donors (Lipinski definition) is 1. The summed E-state index contributed by atoms with van der Waals surface area (Å²) < 4.78 is 5.20. The highest BCUT2D eigenvalue weighted by Crippen LogP contribution is 2.30. The molecular formula is C13H16N2O2. The molecule has 2 aliphatic heterocycles. The summed E-state index contributed by atoms with van der Waals surface area (Å²) in [4.78, 5) is 13.3. The van der Waals surface area contributed by atoms with Crippen LogP contribution in [0.15, 0.2) is 18.2 Å². The number of anilines is 1. The molecule has 0 spiro atoms. The number of ether oxygens (including phenoxy) is 1. The van der Waals surface area contributed by atoms with Gasteiger partial charge in [-0.2, -0.15) is 0 Å². The van der Waals surface area contributed by atoms with Crippen LogP contribution in [-0.2, 0) is 11.2 Å². The first-order valence-electron chi connectivity index (χ1n) is 6.02. The zero-order chi connectivity index (χ0) is 11.8. The van der Waals surface area contributed by atoms with E-state index in [0.29, 0.717) is 6.54 Å². The highest BCUT2D eigenvalue weighted by Gasteiger charge is 2.25. The number of carbonyl (C=O) groups is 1. The van der Waals surface area contributed by atoms with E-state index >= 15 is 0 Å². The summed E-state index contributed by atoms with van der Waals surface area (Å²) >= 11 is 0. The monoisotopic (exact) mass is 232 g/mol. The van der Waals surface area contributed by atoms with Crippen LogP contribution >= 0.6 is 0 Å². The zero-order valence-corrected chi connectivity index (χ0v) is 9.90. The van der Waals surface area contributed by atoms with Crippen molar-refractivity contribution in [2.45, 2.75) is 18.9 Å². The fourth-order valence-electron chi connectivity index (χ4n) is 2.58. The van der Waals surface area contributed by atoms with Crippen molar-refractivity contribution in [3.8, 4) is 0 Å². The highest BCUT2D eigenvalue weighted by molar-refractivity contribution is 5.70. The average Bonchev–Trinajstić information content (AvgIpc) is 2.76. The Labute approximate surface area is 101 Å². The normalized spacial score (nSPS) is 23.0. The number of aryl methyl sites for hydroxylation is 1. The van der Waals surface area contributed by atoms with Crippen molar-refractivity contribution in [2.75, 3.05) is 25.0 Å². The standard InChI is InChI=1S/C13H16N2O2/c1-15-6-2-3-9-7-10(4-5-11(9)15)12-8-14-13(16)17-12/h4-5,7,12H,2-3,6,8H2,1H3,(H,14,16). The van der Waals surface area contributed by atoms with Crippen molar-refractivity contribution in [1.82, 2.24) is 5.32 Å². The van der Waals surface area contributed by atoms with Crippen LogP contribution in [-0.4, -0.2) is 26.2 Å². The minimum Gasteiger partial charge on any atom is -0.439 e. The topological polar surface area (TPSA) is 41.6 Å². The van der Waals surface area contributed by atoms with E-state index in [0.717, 1.165) is 18.5 Å². The second-order valence-electron chi connectivity index (χ2n) is 4.69. The van der Waals surface area contributed by atoms with E-state index in [2.05, 4.69) is 35.5 Å². The van der Waals surface area contributed by atoms with Crippen LogP contribution < -0.4 is 10.2 Å². The van der Waals surface area contributed by atoms with Gasteiger partial charge in [0.1, 0.15) is 6.10 Å². The molecule has 1 aromatic rings. The lowest BCUT2D eigenvalue weighted by atomic mass is 9.97. The lowest BCUT2D eigenvalue weighted by Crippen LogP contribution is -2.24. The molecule has 0 aliphatic carbocycles. The van der Waals surface area contributed by atoms with Gasteiger partial charge in [-0.15, -0.1) is 0 Å². The molecule has 3 rings (SSSR count). The Hall–Kier alpha value is -1.71. The number of alkyl carbamates (subject to hydrolysis) is 1. The van der Waals surface area contributed by atoms with Crippen molar-refractivity contribution >= 4 is 11.8 Å². The van der Waals surface area contributed by atoms with Gasteiger partial charge in [0, 0.05) is 19.3 Å². The number of carbonyl (C=O) groups excluding carboxylic acids is 1. The Balaban J connectivity index is 1.90. The summed E-state index contributed by atoms with van der Waals surface area (Å²) in [6.07, 6.45) is 1.86. The molecule has 1 unspecified atom stereocenters. The third-order valence-corrected chi connectivity index (χ3v) is 3.51. The maximum Gasteiger partial charge on any atom is 0.407 e. The molecule has 1 amide bonds. The molecule has 4 nitrogen and oxygen atoms in total. The van der Waals surface area contributed by atoms with E-state index in [9.17, 15) is 4.79 Å². The first kappa shape index (κ1) is 10.4. The Morgan fingerprint density at radius 3 is 3.12 bits per heavy atom. The van der Waals surface area contributed by atoms with Crippen LogP contribution in [0.25, 0.3) is 0 Å². The second kappa shape index (κ2) is 3.95. The number of nitrogens with zero attached hydrogens (tertiary/aromatic N) is 1. The molecule has 2 heterocycles. The van der Waals surface area contributed by atoms with Crippen LogP contribution in [0.4, 0.5) is 10.5 Å². The molecular weight excluding hydrogens is 216 g/mol.